The van der Waals surface area contributed by atoms with E-state index in [0.717, 1.165) is 12.8 Å². The summed E-state index contributed by atoms with van der Waals surface area (Å²) in [6, 6.07) is 0. The first kappa shape index (κ1) is 7.84. The monoisotopic (exact) mass is 166 g/mol. The lowest BCUT2D eigenvalue weighted by Gasteiger charge is -2.23. The Morgan fingerprint density at radius 2 is 2.33 bits per heavy atom. The molecule has 2 heteroatoms. The van der Waals surface area contributed by atoms with Crippen molar-refractivity contribution in [3.63, 3.8) is 0 Å². The topological polar surface area (TPSA) is 26.3 Å². The van der Waals surface area contributed by atoms with Crippen LogP contribution in [0.3, 0.4) is 0 Å². The van der Waals surface area contributed by atoms with Gasteiger partial charge >= 0.3 is 5.97 Å². The van der Waals surface area contributed by atoms with Crippen LogP contribution in [0.1, 0.15) is 26.7 Å². The van der Waals surface area contributed by atoms with Crippen molar-refractivity contribution < 1.29 is 9.53 Å². The van der Waals surface area contributed by atoms with Crippen LogP contribution < -0.4 is 0 Å². The van der Waals surface area contributed by atoms with E-state index in [1.807, 2.05) is 6.92 Å². The summed E-state index contributed by atoms with van der Waals surface area (Å²) in [6.07, 6.45) is 4.33. The van der Waals surface area contributed by atoms with Gasteiger partial charge in [-0.15, -0.1) is 0 Å². The van der Waals surface area contributed by atoms with Crippen molar-refractivity contribution in [1.29, 1.82) is 0 Å². The predicted octanol–water partition coefficient (Wildman–Crippen LogP) is 1.90. The third kappa shape index (κ3) is 1.06. The quantitative estimate of drug-likeness (QED) is 0.406. The summed E-state index contributed by atoms with van der Waals surface area (Å²) < 4.78 is 5.24. The molecule has 1 heterocycles. The van der Waals surface area contributed by atoms with Crippen LogP contribution in [0.4, 0.5) is 0 Å². The van der Waals surface area contributed by atoms with E-state index >= 15 is 0 Å². The second kappa shape index (κ2) is 2.61. The molecular weight excluding hydrogens is 152 g/mol. The fourth-order valence-corrected chi connectivity index (χ4v) is 2.14. The molecule has 12 heavy (non-hydrogen) atoms. The van der Waals surface area contributed by atoms with Crippen molar-refractivity contribution in [2.75, 3.05) is 0 Å². The second-order valence-electron chi connectivity index (χ2n) is 3.92. The van der Waals surface area contributed by atoms with E-state index in [1.165, 1.54) is 5.57 Å². The van der Waals surface area contributed by atoms with E-state index in [2.05, 4.69) is 13.0 Å². The Labute approximate surface area is 72.6 Å². The molecule has 66 valence electrons. The van der Waals surface area contributed by atoms with Gasteiger partial charge in [-0.2, -0.15) is 0 Å². The van der Waals surface area contributed by atoms with Gasteiger partial charge in [-0.25, -0.2) is 0 Å². The lowest BCUT2D eigenvalue weighted by atomic mass is 9.81. The van der Waals surface area contributed by atoms with Crippen LogP contribution in [0.15, 0.2) is 11.6 Å². The van der Waals surface area contributed by atoms with Crippen LogP contribution in [-0.4, -0.2) is 12.1 Å². The first-order valence-electron chi connectivity index (χ1n) is 4.54. The van der Waals surface area contributed by atoms with Crippen LogP contribution >= 0.6 is 0 Å². The van der Waals surface area contributed by atoms with Crippen molar-refractivity contribution in [2.24, 2.45) is 11.8 Å². The Balaban J connectivity index is 2.18. The van der Waals surface area contributed by atoms with Crippen LogP contribution in [-0.2, 0) is 9.53 Å². The Kier molecular flexibility index (Phi) is 1.71. The second-order valence-corrected chi connectivity index (χ2v) is 3.92. The highest BCUT2D eigenvalue weighted by Crippen LogP contribution is 2.38. The molecular formula is C10H14O2. The molecule has 1 aliphatic carbocycles. The van der Waals surface area contributed by atoms with Crippen molar-refractivity contribution in [1.82, 2.24) is 0 Å². The summed E-state index contributed by atoms with van der Waals surface area (Å²) >= 11 is 0. The number of hydrogen-bond acceptors (Lipinski definition) is 2. The van der Waals surface area contributed by atoms with Gasteiger partial charge in [0.1, 0.15) is 6.10 Å². The van der Waals surface area contributed by atoms with Gasteiger partial charge in [-0.3, -0.25) is 4.79 Å². The van der Waals surface area contributed by atoms with Gasteiger partial charge in [0.15, 0.2) is 0 Å². The van der Waals surface area contributed by atoms with Crippen LogP contribution in [0.2, 0.25) is 0 Å². The minimum absolute atomic E-state index is 0.00639. The van der Waals surface area contributed by atoms with E-state index in [9.17, 15) is 4.79 Å². The van der Waals surface area contributed by atoms with Crippen molar-refractivity contribution >= 4 is 5.97 Å². The van der Waals surface area contributed by atoms with Crippen LogP contribution in [0, 0.1) is 11.8 Å². The van der Waals surface area contributed by atoms with E-state index in [4.69, 9.17) is 4.74 Å². The maximum absolute atomic E-state index is 11.2. The van der Waals surface area contributed by atoms with Gasteiger partial charge in [-0.1, -0.05) is 18.6 Å². The Morgan fingerprint density at radius 1 is 1.58 bits per heavy atom. The predicted molar refractivity (Wildman–Crippen MR) is 45.5 cm³/mol. The lowest BCUT2D eigenvalue weighted by molar-refractivity contribution is -0.143. The molecule has 0 aromatic rings. The number of allylic oxidation sites excluding steroid dienone is 1. The Hall–Kier alpha value is -0.790. The molecule has 0 amide bonds. The van der Waals surface area contributed by atoms with Crippen LogP contribution in [0.5, 0.6) is 0 Å². The van der Waals surface area contributed by atoms with Gasteiger partial charge in [0, 0.05) is 12.3 Å². The fourth-order valence-electron chi connectivity index (χ4n) is 2.14. The summed E-state index contributed by atoms with van der Waals surface area (Å²) in [7, 11) is 0. The molecule has 0 aromatic heterocycles. The first-order chi connectivity index (χ1) is 5.68. The molecule has 2 aliphatic rings. The summed E-state index contributed by atoms with van der Waals surface area (Å²) in [5, 5.41) is 0. The average Bonchev–Trinajstić information content (AvgIpc) is 2.31. The highest BCUT2D eigenvalue weighted by molar-refractivity contribution is 5.75. The SMILES string of the molecule is CC1=CC[C@H]2OC(=O)[C@H](C)[C@H]2C1. The Morgan fingerprint density at radius 3 is 3.08 bits per heavy atom. The summed E-state index contributed by atoms with van der Waals surface area (Å²) in [5.41, 5.74) is 1.40. The van der Waals surface area contributed by atoms with Gasteiger partial charge in [0.05, 0.1) is 5.92 Å². The van der Waals surface area contributed by atoms with E-state index in [0.29, 0.717) is 5.92 Å². The standard InChI is InChI=1S/C10H14O2/c1-6-3-4-9-8(5-6)7(2)10(11)12-9/h3,7-9H,4-5H2,1-2H3/t7-,8-,9-/m1/s1. The molecule has 1 aliphatic heterocycles. The lowest BCUT2D eigenvalue weighted by Crippen LogP contribution is -2.22. The number of esters is 1. The zero-order chi connectivity index (χ0) is 8.72. The van der Waals surface area contributed by atoms with E-state index < -0.39 is 0 Å². The smallest absolute Gasteiger partial charge is 0.309 e. The van der Waals surface area contributed by atoms with E-state index in [1.54, 1.807) is 0 Å². The largest absolute Gasteiger partial charge is 0.461 e. The zero-order valence-electron chi connectivity index (χ0n) is 7.54. The molecule has 3 atom stereocenters. The average molecular weight is 166 g/mol. The summed E-state index contributed by atoms with van der Waals surface area (Å²) in [5.74, 6) is 0.550. The third-order valence-corrected chi connectivity index (χ3v) is 3.02. The summed E-state index contributed by atoms with van der Waals surface area (Å²) in [6.45, 7) is 4.11. The molecule has 0 aromatic carbocycles. The molecule has 0 unspecified atom stereocenters. The molecule has 0 spiro atoms. The first-order valence-corrected chi connectivity index (χ1v) is 4.54. The maximum Gasteiger partial charge on any atom is 0.309 e. The van der Waals surface area contributed by atoms with Gasteiger partial charge in [-0.05, 0) is 13.3 Å². The zero-order valence-corrected chi connectivity index (χ0v) is 7.54. The van der Waals surface area contributed by atoms with Gasteiger partial charge in [0.25, 0.3) is 0 Å². The fraction of sp³-hybridized carbons (Fsp3) is 0.700. The number of carbonyl (C=O) groups excluding carboxylic acids is 1. The summed E-state index contributed by atoms with van der Waals surface area (Å²) in [4.78, 5) is 11.2. The van der Waals surface area contributed by atoms with Gasteiger partial charge in [0.2, 0.25) is 0 Å². The number of ether oxygens (including phenoxy) is 1. The highest BCUT2D eigenvalue weighted by Gasteiger charge is 2.42. The van der Waals surface area contributed by atoms with Crippen molar-refractivity contribution in [2.45, 2.75) is 32.8 Å². The van der Waals surface area contributed by atoms with Crippen LogP contribution in [0.25, 0.3) is 0 Å². The molecule has 2 nitrogen and oxygen atoms in total. The van der Waals surface area contributed by atoms with E-state index in [-0.39, 0.29) is 18.0 Å². The number of rotatable bonds is 0. The minimum atomic E-state index is -0.00639. The third-order valence-electron chi connectivity index (χ3n) is 3.02. The minimum Gasteiger partial charge on any atom is -0.461 e. The molecule has 0 saturated carbocycles. The molecule has 0 radical (unpaired) electrons. The maximum atomic E-state index is 11.2. The van der Waals surface area contributed by atoms with Crippen molar-refractivity contribution in [3.8, 4) is 0 Å². The highest BCUT2D eigenvalue weighted by atomic mass is 16.6. The molecule has 0 N–H and O–H groups in total. The van der Waals surface area contributed by atoms with Crippen molar-refractivity contribution in [3.05, 3.63) is 11.6 Å². The normalized spacial score (nSPS) is 40.3. The number of hydrogen-bond donors (Lipinski definition) is 0. The Bertz CT molecular complexity index is 242. The van der Waals surface area contributed by atoms with Gasteiger partial charge < -0.3 is 4.74 Å². The number of fused-ring (bicyclic) bond motifs is 1. The molecule has 1 saturated heterocycles. The molecule has 1 fully saturated rings. The molecule has 2 rings (SSSR count). The molecule has 0 bridgehead atoms. The number of carbonyl (C=O) groups is 1.